The molecule has 0 aliphatic carbocycles. The van der Waals surface area contributed by atoms with Gasteiger partial charge in [0.15, 0.2) is 0 Å². The van der Waals surface area contributed by atoms with E-state index >= 15 is 0 Å². The fourth-order valence-electron chi connectivity index (χ4n) is 3.86. The number of benzene rings is 2. The largest absolute Gasteiger partial charge is 0.317 e. The summed E-state index contributed by atoms with van der Waals surface area (Å²) in [5.41, 5.74) is 3.16. The van der Waals surface area contributed by atoms with Gasteiger partial charge in [0.1, 0.15) is 4.90 Å². The minimum atomic E-state index is -3.74. The van der Waals surface area contributed by atoms with Crippen molar-refractivity contribution in [3.05, 3.63) is 83.2 Å². The first-order valence-electron chi connectivity index (χ1n) is 11.3. The quantitative estimate of drug-likeness (QED) is 0.415. The molecule has 0 radical (unpaired) electrons. The second-order valence-corrected chi connectivity index (χ2v) is 9.95. The monoisotopic (exact) mass is 454 g/mol. The molecule has 2 aromatic carbocycles. The molecular weight excluding hydrogens is 420 g/mol. The summed E-state index contributed by atoms with van der Waals surface area (Å²) in [6.45, 7) is 8.97. The van der Waals surface area contributed by atoms with Gasteiger partial charge >= 0.3 is 0 Å². The van der Waals surface area contributed by atoms with Crippen LogP contribution in [0, 0.1) is 13.8 Å². The summed E-state index contributed by atoms with van der Waals surface area (Å²) in [6, 6.07) is 19.4. The Kier molecular flexibility index (Phi) is 8.61. The lowest BCUT2D eigenvalue weighted by Crippen LogP contribution is -2.31. The Morgan fingerprint density at radius 2 is 1.47 bits per heavy atom. The van der Waals surface area contributed by atoms with Gasteiger partial charge in [-0.15, -0.1) is 0 Å². The molecule has 0 aliphatic rings. The maximum absolute atomic E-state index is 13.9. The number of aryl methyl sites for hydroxylation is 2. The molecule has 0 bridgehead atoms. The molecule has 0 unspecified atom stereocenters. The van der Waals surface area contributed by atoms with Crippen LogP contribution in [0.15, 0.2) is 65.6 Å². The minimum absolute atomic E-state index is 0.309. The Morgan fingerprint density at radius 1 is 0.906 bits per heavy atom. The number of hydrogen-bond donors (Lipinski definition) is 1. The standard InChI is InChI=1S/C25H34N4O2S/c1-4-16-26-17-11-18-29-22(3)25(21(2)27-29)32(30,31)28(19-23-12-7-5-8-13-23)20-24-14-9-6-10-15-24/h5-10,12-15,26H,4,11,16-20H2,1-3H3. The van der Waals surface area contributed by atoms with E-state index < -0.39 is 10.0 Å². The van der Waals surface area contributed by atoms with Crippen molar-refractivity contribution in [1.82, 2.24) is 19.4 Å². The second-order valence-electron chi connectivity index (χ2n) is 8.07. The first kappa shape index (κ1) is 24.2. The zero-order chi connectivity index (χ0) is 23.0. The third-order valence-electron chi connectivity index (χ3n) is 5.47. The lowest BCUT2D eigenvalue weighted by molar-refractivity contribution is 0.400. The predicted molar refractivity (Wildman–Crippen MR) is 129 cm³/mol. The molecular formula is C25H34N4O2S. The first-order valence-corrected chi connectivity index (χ1v) is 12.7. The summed E-state index contributed by atoms with van der Waals surface area (Å²) in [5, 5.41) is 7.96. The summed E-state index contributed by atoms with van der Waals surface area (Å²) in [6.07, 6.45) is 2.00. The number of aromatic nitrogens is 2. The molecule has 1 heterocycles. The fourth-order valence-corrected chi connectivity index (χ4v) is 5.65. The zero-order valence-corrected chi connectivity index (χ0v) is 20.1. The molecule has 6 nitrogen and oxygen atoms in total. The van der Waals surface area contributed by atoms with E-state index in [4.69, 9.17) is 0 Å². The van der Waals surface area contributed by atoms with Crippen LogP contribution in [0.4, 0.5) is 0 Å². The molecule has 32 heavy (non-hydrogen) atoms. The Balaban J connectivity index is 1.88. The van der Waals surface area contributed by atoms with Gasteiger partial charge in [-0.25, -0.2) is 8.42 Å². The van der Waals surface area contributed by atoms with Gasteiger partial charge in [-0.05, 0) is 50.9 Å². The molecule has 1 N–H and O–H groups in total. The van der Waals surface area contributed by atoms with E-state index in [1.807, 2.05) is 72.3 Å². The smallest absolute Gasteiger partial charge is 0.247 e. The average molecular weight is 455 g/mol. The van der Waals surface area contributed by atoms with Crippen LogP contribution in [0.3, 0.4) is 0 Å². The highest BCUT2D eigenvalue weighted by atomic mass is 32.2. The van der Waals surface area contributed by atoms with Crippen molar-refractivity contribution in [3.63, 3.8) is 0 Å². The van der Waals surface area contributed by atoms with Crippen molar-refractivity contribution in [2.24, 2.45) is 0 Å². The molecule has 0 saturated carbocycles. The summed E-state index contributed by atoms with van der Waals surface area (Å²) in [4.78, 5) is 0.325. The molecule has 3 rings (SSSR count). The average Bonchev–Trinajstić information content (AvgIpc) is 3.08. The van der Waals surface area contributed by atoms with E-state index in [0.29, 0.717) is 35.9 Å². The number of hydrogen-bond acceptors (Lipinski definition) is 4. The third kappa shape index (κ3) is 6.06. The maximum atomic E-state index is 13.9. The van der Waals surface area contributed by atoms with E-state index in [1.165, 1.54) is 0 Å². The summed E-state index contributed by atoms with van der Waals surface area (Å²) in [5.74, 6) is 0. The topological polar surface area (TPSA) is 67.2 Å². The van der Waals surface area contributed by atoms with Gasteiger partial charge in [0, 0.05) is 19.6 Å². The van der Waals surface area contributed by atoms with Gasteiger partial charge in [0.05, 0.1) is 11.4 Å². The maximum Gasteiger partial charge on any atom is 0.247 e. The summed E-state index contributed by atoms with van der Waals surface area (Å²) < 4.78 is 31.1. The van der Waals surface area contributed by atoms with Crippen LogP contribution in [0.25, 0.3) is 0 Å². The van der Waals surface area contributed by atoms with Gasteiger partial charge in [-0.3, -0.25) is 4.68 Å². The van der Waals surface area contributed by atoms with Crippen LogP contribution in [-0.4, -0.2) is 35.6 Å². The van der Waals surface area contributed by atoms with Crippen molar-refractivity contribution in [2.45, 2.75) is 58.1 Å². The van der Waals surface area contributed by atoms with Crippen LogP contribution in [0.5, 0.6) is 0 Å². The van der Waals surface area contributed by atoms with Crippen molar-refractivity contribution in [2.75, 3.05) is 13.1 Å². The zero-order valence-electron chi connectivity index (χ0n) is 19.3. The lowest BCUT2D eigenvalue weighted by Gasteiger charge is -2.23. The summed E-state index contributed by atoms with van der Waals surface area (Å²) >= 11 is 0. The SMILES string of the molecule is CCCNCCCn1nc(C)c(S(=O)(=O)N(Cc2ccccc2)Cc2ccccc2)c1C. The molecule has 3 aromatic rings. The lowest BCUT2D eigenvalue weighted by atomic mass is 10.2. The van der Waals surface area contributed by atoms with E-state index in [1.54, 1.807) is 11.2 Å². The van der Waals surface area contributed by atoms with Crippen molar-refractivity contribution in [3.8, 4) is 0 Å². The molecule has 0 fully saturated rings. The second kappa shape index (κ2) is 11.4. The van der Waals surface area contributed by atoms with E-state index in [0.717, 1.165) is 37.1 Å². The minimum Gasteiger partial charge on any atom is -0.317 e. The molecule has 7 heteroatoms. The van der Waals surface area contributed by atoms with E-state index in [-0.39, 0.29) is 0 Å². The highest BCUT2D eigenvalue weighted by molar-refractivity contribution is 7.89. The van der Waals surface area contributed by atoms with Crippen LogP contribution < -0.4 is 5.32 Å². The van der Waals surface area contributed by atoms with Crippen LogP contribution in [0.1, 0.15) is 42.3 Å². The summed E-state index contributed by atoms with van der Waals surface area (Å²) in [7, 11) is -3.74. The van der Waals surface area contributed by atoms with Gasteiger partial charge in [-0.1, -0.05) is 67.6 Å². The molecule has 1 aromatic heterocycles. The van der Waals surface area contributed by atoms with Crippen molar-refractivity contribution < 1.29 is 8.42 Å². The Bertz CT molecular complexity index is 1040. The molecule has 172 valence electrons. The van der Waals surface area contributed by atoms with E-state index in [9.17, 15) is 8.42 Å². The molecule has 0 atom stereocenters. The van der Waals surface area contributed by atoms with Crippen LogP contribution in [0.2, 0.25) is 0 Å². The molecule has 0 amide bonds. The fraction of sp³-hybridized carbons (Fsp3) is 0.400. The van der Waals surface area contributed by atoms with Crippen LogP contribution >= 0.6 is 0 Å². The Labute approximate surface area is 192 Å². The molecule has 0 spiro atoms. The van der Waals surface area contributed by atoms with Crippen molar-refractivity contribution >= 4 is 10.0 Å². The van der Waals surface area contributed by atoms with Gasteiger partial charge in [0.25, 0.3) is 0 Å². The normalized spacial score (nSPS) is 11.9. The number of nitrogens with zero attached hydrogens (tertiary/aromatic N) is 3. The Hall–Kier alpha value is -2.48. The molecule has 0 saturated heterocycles. The van der Waals surface area contributed by atoms with Crippen LogP contribution in [-0.2, 0) is 29.7 Å². The van der Waals surface area contributed by atoms with Crippen molar-refractivity contribution in [1.29, 1.82) is 0 Å². The number of nitrogens with one attached hydrogen (secondary N) is 1. The number of sulfonamides is 1. The van der Waals surface area contributed by atoms with Gasteiger partial charge in [0.2, 0.25) is 10.0 Å². The van der Waals surface area contributed by atoms with Gasteiger partial charge < -0.3 is 5.32 Å². The third-order valence-corrected chi connectivity index (χ3v) is 7.51. The molecule has 0 aliphatic heterocycles. The highest BCUT2D eigenvalue weighted by Crippen LogP contribution is 2.26. The van der Waals surface area contributed by atoms with E-state index in [2.05, 4.69) is 17.3 Å². The first-order chi connectivity index (χ1) is 15.4. The number of rotatable bonds is 12. The Morgan fingerprint density at radius 3 is 2.00 bits per heavy atom. The predicted octanol–water partition coefficient (Wildman–Crippen LogP) is 4.28. The van der Waals surface area contributed by atoms with Gasteiger partial charge in [-0.2, -0.15) is 9.40 Å². The highest BCUT2D eigenvalue weighted by Gasteiger charge is 2.31.